The van der Waals surface area contributed by atoms with Crippen molar-refractivity contribution in [3.63, 3.8) is 0 Å². The van der Waals surface area contributed by atoms with E-state index >= 15 is 0 Å². The molecule has 4 nitrogen and oxygen atoms in total. The van der Waals surface area contributed by atoms with Crippen molar-refractivity contribution in [3.05, 3.63) is 120 Å². The van der Waals surface area contributed by atoms with Crippen molar-refractivity contribution in [3.8, 4) is 0 Å². The molecule has 3 aromatic carbocycles. The quantitative estimate of drug-likeness (QED) is 0.242. The lowest BCUT2D eigenvalue weighted by molar-refractivity contribution is -0.115. The van der Waals surface area contributed by atoms with E-state index in [9.17, 15) is 9.90 Å². The molecule has 1 aliphatic carbocycles. The molecule has 1 fully saturated rings. The van der Waals surface area contributed by atoms with Crippen molar-refractivity contribution in [1.29, 1.82) is 0 Å². The van der Waals surface area contributed by atoms with E-state index < -0.39 is 17.6 Å². The summed E-state index contributed by atoms with van der Waals surface area (Å²) >= 11 is 0. The minimum absolute atomic E-state index is 0.147. The van der Waals surface area contributed by atoms with E-state index in [4.69, 9.17) is 5.73 Å². The van der Waals surface area contributed by atoms with E-state index in [2.05, 4.69) is 84.7 Å². The summed E-state index contributed by atoms with van der Waals surface area (Å²) < 4.78 is 0. The van der Waals surface area contributed by atoms with Gasteiger partial charge in [-0.1, -0.05) is 130 Å². The molecule has 36 heavy (non-hydrogen) atoms. The van der Waals surface area contributed by atoms with Crippen molar-refractivity contribution < 1.29 is 9.90 Å². The van der Waals surface area contributed by atoms with Crippen LogP contribution in [0.15, 0.2) is 103 Å². The van der Waals surface area contributed by atoms with Gasteiger partial charge in [-0.05, 0) is 29.0 Å². The van der Waals surface area contributed by atoms with Gasteiger partial charge in [0.2, 0.25) is 5.91 Å². The fourth-order valence-electron chi connectivity index (χ4n) is 5.68. The topological polar surface area (TPSA) is 75.3 Å². The number of rotatable bonds is 11. The van der Waals surface area contributed by atoms with Crippen LogP contribution in [-0.4, -0.2) is 23.2 Å². The SMILES string of the molecule is C=C(CC(O)C(CC1CCCCC1)NC(c1ccccc1)(c1ccccc1)c1ccccc1)C(N)=O. The zero-order chi connectivity index (χ0) is 25.4. The molecule has 0 radical (unpaired) electrons. The van der Waals surface area contributed by atoms with Crippen LogP contribution < -0.4 is 11.1 Å². The van der Waals surface area contributed by atoms with Gasteiger partial charge in [-0.15, -0.1) is 0 Å². The Hall–Kier alpha value is -3.21. The summed E-state index contributed by atoms with van der Waals surface area (Å²) in [5.74, 6) is -0.0429. The van der Waals surface area contributed by atoms with Crippen molar-refractivity contribution in [1.82, 2.24) is 5.32 Å². The highest BCUT2D eigenvalue weighted by Gasteiger charge is 2.40. The van der Waals surface area contributed by atoms with Gasteiger partial charge in [-0.2, -0.15) is 0 Å². The van der Waals surface area contributed by atoms with Crippen LogP contribution in [0.5, 0.6) is 0 Å². The van der Waals surface area contributed by atoms with Gasteiger partial charge in [-0.3, -0.25) is 10.1 Å². The fourth-order valence-corrected chi connectivity index (χ4v) is 5.68. The second kappa shape index (κ2) is 12.2. The number of nitrogens with one attached hydrogen (secondary N) is 1. The predicted octanol–water partition coefficient (Wildman–Crippen LogP) is 5.70. The molecule has 0 bridgehead atoms. The molecule has 0 heterocycles. The maximum Gasteiger partial charge on any atom is 0.244 e. The van der Waals surface area contributed by atoms with Crippen LogP contribution in [0.2, 0.25) is 0 Å². The number of benzene rings is 3. The number of carbonyl (C=O) groups excluding carboxylic acids is 1. The third-order valence-corrected chi connectivity index (χ3v) is 7.60. The summed E-state index contributed by atoms with van der Waals surface area (Å²) in [7, 11) is 0. The molecule has 0 saturated heterocycles. The van der Waals surface area contributed by atoms with E-state index in [1.165, 1.54) is 19.3 Å². The van der Waals surface area contributed by atoms with Gasteiger partial charge in [-0.25, -0.2) is 0 Å². The molecule has 3 aromatic rings. The lowest BCUT2D eigenvalue weighted by atomic mass is 9.75. The van der Waals surface area contributed by atoms with E-state index in [0.717, 1.165) is 36.0 Å². The Balaban J connectivity index is 1.83. The normalized spacial score (nSPS) is 16.2. The molecule has 1 amide bonds. The molecule has 0 aliphatic heterocycles. The first kappa shape index (κ1) is 25.9. The number of hydrogen-bond donors (Lipinski definition) is 3. The molecule has 4 N–H and O–H groups in total. The lowest BCUT2D eigenvalue weighted by Crippen LogP contribution is -2.54. The summed E-state index contributed by atoms with van der Waals surface area (Å²) in [5, 5.41) is 15.5. The van der Waals surface area contributed by atoms with Crippen molar-refractivity contribution in [2.45, 2.75) is 62.6 Å². The molecule has 1 saturated carbocycles. The van der Waals surface area contributed by atoms with Crippen LogP contribution in [0.4, 0.5) is 0 Å². The van der Waals surface area contributed by atoms with Gasteiger partial charge >= 0.3 is 0 Å². The Morgan fingerprint density at radius 1 is 0.861 bits per heavy atom. The number of amides is 1. The third kappa shape index (κ3) is 5.95. The first-order valence-corrected chi connectivity index (χ1v) is 13.1. The number of carbonyl (C=O) groups is 1. The zero-order valence-corrected chi connectivity index (χ0v) is 21.0. The molecule has 0 aromatic heterocycles. The Labute approximate surface area is 215 Å². The van der Waals surface area contributed by atoms with Gasteiger partial charge in [0.05, 0.1) is 11.6 Å². The lowest BCUT2D eigenvalue weighted by Gasteiger charge is -2.42. The molecular formula is C32H38N2O2. The molecular weight excluding hydrogens is 444 g/mol. The molecule has 1 aliphatic rings. The van der Waals surface area contributed by atoms with E-state index in [1.54, 1.807) is 0 Å². The predicted molar refractivity (Wildman–Crippen MR) is 146 cm³/mol. The van der Waals surface area contributed by atoms with Gasteiger partial charge < -0.3 is 10.8 Å². The maximum absolute atomic E-state index is 11.8. The highest BCUT2D eigenvalue weighted by molar-refractivity contribution is 5.91. The maximum atomic E-state index is 11.8. The van der Waals surface area contributed by atoms with Crippen LogP contribution in [0.25, 0.3) is 0 Å². The average Bonchev–Trinajstić information content (AvgIpc) is 2.93. The third-order valence-electron chi connectivity index (χ3n) is 7.60. The van der Waals surface area contributed by atoms with Gasteiger partial charge in [0.25, 0.3) is 0 Å². The molecule has 4 heteroatoms. The average molecular weight is 483 g/mol. The summed E-state index contributed by atoms with van der Waals surface area (Å²) in [6.45, 7) is 3.83. The summed E-state index contributed by atoms with van der Waals surface area (Å²) in [4.78, 5) is 11.8. The Kier molecular flexibility index (Phi) is 8.74. The number of aliphatic hydroxyl groups is 1. The number of hydrogen-bond acceptors (Lipinski definition) is 3. The Morgan fingerprint density at radius 2 is 1.31 bits per heavy atom. The minimum Gasteiger partial charge on any atom is -0.391 e. The molecule has 2 unspecified atom stereocenters. The van der Waals surface area contributed by atoms with Crippen LogP contribution >= 0.6 is 0 Å². The molecule has 188 valence electrons. The number of nitrogens with two attached hydrogens (primary N) is 1. The van der Waals surface area contributed by atoms with Crippen molar-refractivity contribution in [2.24, 2.45) is 11.7 Å². The van der Waals surface area contributed by atoms with Gasteiger partial charge in [0, 0.05) is 18.0 Å². The largest absolute Gasteiger partial charge is 0.391 e. The monoisotopic (exact) mass is 482 g/mol. The van der Waals surface area contributed by atoms with Crippen LogP contribution in [0, 0.1) is 5.92 Å². The Morgan fingerprint density at radius 3 is 1.72 bits per heavy atom. The van der Waals surface area contributed by atoms with Crippen LogP contribution in [0.3, 0.4) is 0 Å². The molecule has 4 rings (SSSR count). The zero-order valence-electron chi connectivity index (χ0n) is 21.0. The number of aliphatic hydroxyl groups excluding tert-OH is 1. The first-order chi connectivity index (χ1) is 17.5. The smallest absolute Gasteiger partial charge is 0.244 e. The second-order valence-corrected chi connectivity index (χ2v) is 10.1. The standard InChI is InChI=1S/C32H38N2O2/c1-24(31(33)36)22-30(35)29(23-25-14-6-2-7-15-25)34-32(26-16-8-3-9-17-26,27-18-10-4-11-19-27)28-20-12-5-13-21-28/h3-5,8-13,16-21,25,29-30,34-35H,1-2,6-7,14-15,22-23H2,(H2,33,36). The number of primary amides is 1. The molecule has 2 atom stereocenters. The van der Waals surface area contributed by atoms with Crippen LogP contribution in [0.1, 0.15) is 61.6 Å². The minimum atomic E-state index is -0.803. The van der Waals surface area contributed by atoms with Crippen molar-refractivity contribution in [2.75, 3.05) is 0 Å². The van der Waals surface area contributed by atoms with Crippen molar-refractivity contribution >= 4 is 5.91 Å². The first-order valence-electron chi connectivity index (χ1n) is 13.1. The summed E-state index contributed by atoms with van der Waals surface area (Å²) in [6, 6.07) is 31.0. The molecule has 0 spiro atoms. The van der Waals surface area contributed by atoms with E-state index in [-0.39, 0.29) is 18.0 Å². The highest BCUT2D eigenvalue weighted by Crippen LogP contribution is 2.39. The summed E-state index contributed by atoms with van der Waals surface area (Å²) in [6.07, 6.45) is 6.22. The van der Waals surface area contributed by atoms with Crippen LogP contribution in [-0.2, 0) is 10.3 Å². The highest BCUT2D eigenvalue weighted by atomic mass is 16.3. The Bertz CT molecular complexity index is 1010. The van der Waals surface area contributed by atoms with E-state index in [1.807, 2.05) is 18.2 Å². The summed E-state index contributed by atoms with van der Waals surface area (Å²) in [5.41, 5.74) is 8.34. The van der Waals surface area contributed by atoms with Gasteiger partial charge in [0.1, 0.15) is 0 Å². The van der Waals surface area contributed by atoms with Gasteiger partial charge in [0.15, 0.2) is 0 Å². The second-order valence-electron chi connectivity index (χ2n) is 10.1. The van der Waals surface area contributed by atoms with E-state index in [0.29, 0.717) is 5.92 Å². The fraction of sp³-hybridized carbons (Fsp3) is 0.344.